The number of nitrogens with one attached hydrogen (secondary N) is 2. The molecule has 1 saturated carbocycles. The van der Waals surface area contributed by atoms with E-state index in [1.807, 2.05) is 0 Å². The molecule has 1 fully saturated rings. The maximum Gasteiger partial charge on any atom is 0.391 e. The summed E-state index contributed by atoms with van der Waals surface area (Å²) < 4.78 is 38.9. The average molecular weight is 552 g/mol. The van der Waals surface area contributed by atoms with E-state index in [0.29, 0.717) is 55.9 Å². The summed E-state index contributed by atoms with van der Waals surface area (Å²) in [6.45, 7) is 0.869. The van der Waals surface area contributed by atoms with Gasteiger partial charge >= 0.3 is 6.18 Å². The maximum absolute atomic E-state index is 13.0. The highest BCUT2D eigenvalue weighted by Gasteiger charge is 2.42. The lowest BCUT2D eigenvalue weighted by atomic mass is 9.85. The van der Waals surface area contributed by atoms with E-state index in [1.54, 1.807) is 31.3 Å². The van der Waals surface area contributed by atoms with Crippen molar-refractivity contribution in [3.8, 4) is 0 Å². The molecule has 2 unspecified atom stereocenters. The van der Waals surface area contributed by atoms with Crippen molar-refractivity contribution in [2.75, 3.05) is 20.1 Å². The van der Waals surface area contributed by atoms with E-state index in [0.717, 1.165) is 0 Å². The van der Waals surface area contributed by atoms with Gasteiger partial charge in [-0.05, 0) is 44.2 Å². The zero-order valence-corrected chi connectivity index (χ0v) is 19.7. The summed E-state index contributed by atoms with van der Waals surface area (Å²) in [4.78, 5) is 30.0. The van der Waals surface area contributed by atoms with Gasteiger partial charge < -0.3 is 10.6 Å². The Hall–Kier alpha value is -1.85. The molecule has 1 heterocycles. The lowest BCUT2D eigenvalue weighted by Crippen LogP contribution is -2.47. The van der Waals surface area contributed by atoms with E-state index in [1.165, 1.54) is 4.90 Å². The molecule has 31 heavy (non-hydrogen) atoms. The molecular formula is C21H28F3IN4O2. The number of rotatable bonds is 6. The standard InChI is InChI=1S/C21H27F3N4O2.HI/c1-25-20(27-15-8-6-7-14(13-15)21(22,23)24)26-11-4-5-12-28-18(29)16-9-2-3-10-17(16)19(28)30;/h2-3,9-10,14-15H,4-8,11-13H2,1H3,(H2,25,26,27);1H. The minimum Gasteiger partial charge on any atom is -0.356 e. The highest BCUT2D eigenvalue weighted by molar-refractivity contribution is 14.0. The Kier molecular flexibility index (Phi) is 9.14. The van der Waals surface area contributed by atoms with Crippen LogP contribution in [0.25, 0.3) is 0 Å². The van der Waals surface area contributed by atoms with Gasteiger partial charge in [-0.15, -0.1) is 24.0 Å². The molecule has 10 heteroatoms. The molecule has 1 aromatic rings. The van der Waals surface area contributed by atoms with Crippen LogP contribution < -0.4 is 10.6 Å². The largest absolute Gasteiger partial charge is 0.391 e. The zero-order chi connectivity index (χ0) is 21.7. The van der Waals surface area contributed by atoms with E-state index in [9.17, 15) is 22.8 Å². The van der Waals surface area contributed by atoms with Gasteiger partial charge in [-0.2, -0.15) is 13.2 Å². The smallest absolute Gasteiger partial charge is 0.356 e. The third-order valence-electron chi connectivity index (χ3n) is 5.68. The normalized spacial score (nSPS) is 21.5. The summed E-state index contributed by atoms with van der Waals surface area (Å²) in [5, 5.41) is 6.19. The number of carbonyl (C=O) groups is 2. The maximum atomic E-state index is 13.0. The quantitative estimate of drug-likeness (QED) is 0.184. The van der Waals surface area contributed by atoms with Gasteiger partial charge in [0.05, 0.1) is 17.0 Å². The van der Waals surface area contributed by atoms with Crippen LogP contribution >= 0.6 is 24.0 Å². The van der Waals surface area contributed by atoms with Crippen LogP contribution in [0.3, 0.4) is 0 Å². The molecular weight excluding hydrogens is 524 g/mol. The number of nitrogens with zero attached hydrogens (tertiary/aromatic N) is 2. The third kappa shape index (κ3) is 6.33. The van der Waals surface area contributed by atoms with Gasteiger partial charge in [0, 0.05) is 26.2 Å². The lowest BCUT2D eigenvalue weighted by Gasteiger charge is -2.31. The van der Waals surface area contributed by atoms with Crippen LogP contribution in [-0.2, 0) is 0 Å². The Morgan fingerprint density at radius 1 is 1.13 bits per heavy atom. The highest BCUT2D eigenvalue weighted by Crippen LogP contribution is 2.37. The van der Waals surface area contributed by atoms with Crippen molar-refractivity contribution >= 4 is 41.8 Å². The van der Waals surface area contributed by atoms with Crippen molar-refractivity contribution in [1.29, 1.82) is 0 Å². The minimum absolute atomic E-state index is 0. The van der Waals surface area contributed by atoms with Crippen molar-refractivity contribution in [2.45, 2.75) is 50.7 Å². The number of alkyl halides is 3. The first-order valence-electron chi connectivity index (χ1n) is 10.3. The first-order valence-corrected chi connectivity index (χ1v) is 10.3. The average Bonchev–Trinajstić information content (AvgIpc) is 2.97. The van der Waals surface area contributed by atoms with Crippen LogP contribution in [0.15, 0.2) is 29.3 Å². The SMILES string of the molecule is CN=C(NCCCCN1C(=O)c2ccccc2C1=O)NC1CCCC(C(F)(F)F)C1.I. The van der Waals surface area contributed by atoms with E-state index >= 15 is 0 Å². The van der Waals surface area contributed by atoms with Gasteiger partial charge in [0.1, 0.15) is 0 Å². The molecule has 1 aliphatic heterocycles. The number of imide groups is 1. The second-order valence-corrected chi connectivity index (χ2v) is 7.76. The van der Waals surface area contributed by atoms with Crippen molar-refractivity contribution in [3.63, 3.8) is 0 Å². The molecule has 2 atom stereocenters. The Morgan fingerprint density at radius 2 is 1.77 bits per heavy atom. The molecule has 0 radical (unpaired) electrons. The number of aliphatic imine (C=N–C) groups is 1. The predicted molar refractivity (Wildman–Crippen MR) is 123 cm³/mol. The molecule has 2 amide bonds. The van der Waals surface area contributed by atoms with Crippen LogP contribution in [0.1, 0.15) is 59.2 Å². The van der Waals surface area contributed by atoms with Crippen molar-refractivity contribution in [3.05, 3.63) is 35.4 Å². The topological polar surface area (TPSA) is 73.8 Å². The number of guanidine groups is 1. The van der Waals surface area contributed by atoms with Crippen LogP contribution in [0.4, 0.5) is 13.2 Å². The van der Waals surface area contributed by atoms with E-state index in [-0.39, 0.29) is 54.7 Å². The zero-order valence-electron chi connectivity index (χ0n) is 17.4. The summed E-state index contributed by atoms with van der Waals surface area (Å²) in [6.07, 6.45) is -1.37. The molecule has 2 aliphatic rings. The monoisotopic (exact) mass is 552 g/mol. The first kappa shape index (κ1) is 25.4. The number of carbonyl (C=O) groups excluding carboxylic acids is 2. The van der Waals surface area contributed by atoms with Crippen LogP contribution in [0.2, 0.25) is 0 Å². The Morgan fingerprint density at radius 3 is 2.35 bits per heavy atom. The third-order valence-corrected chi connectivity index (χ3v) is 5.68. The fraction of sp³-hybridized carbons (Fsp3) is 0.571. The van der Waals surface area contributed by atoms with E-state index in [4.69, 9.17) is 0 Å². The Balaban J connectivity index is 0.00000341. The molecule has 0 saturated heterocycles. The minimum atomic E-state index is -4.15. The Labute approximate surface area is 197 Å². The molecule has 1 aliphatic carbocycles. The molecule has 172 valence electrons. The van der Waals surface area contributed by atoms with Crippen molar-refractivity contribution < 1.29 is 22.8 Å². The van der Waals surface area contributed by atoms with Gasteiger partial charge in [-0.3, -0.25) is 19.5 Å². The summed E-state index contributed by atoms with van der Waals surface area (Å²) in [5.41, 5.74) is 0.879. The Bertz CT molecular complexity index is 781. The molecule has 0 bridgehead atoms. The summed E-state index contributed by atoms with van der Waals surface area (Å²) in [5.74, 6) is -1.32. The lowest BCUT2D eigenvalue weighted by molar-refractivity contribution is -0.183. The predicted octanol–water partition coefficient (Wildman–Crippen LogP) is 3.97. The van der Waals surface area contributed by atoms with E-state index in [2.05, 4.69) is 15.6 Å². The number of halogens is 4. The second-order valence-electron chi connectivity index (χ2n) is 7.76. The molecule has 3 rings (SSSR count). The number of hydrogen-bond acceptors (Lipinski definition) is 3. The van der Waals surface area contributed by atoms with Crippen molar-refractivity contribution in [2.24, 2.45) is 10.9 Å². The number of fused-ring (bicyclic) bond motifs is 1. The molecule has 0 aromatic heterocycles. The highest BCUT2D eigenvalue weighted by atomic mass is 127. The van der Waals surface area contributed by atoms with Gasteiger partial charge in [0.2, 0.25) is 0 Å². The summed E-state index contributed by atoms with van der Waals surface area (Å²) >= 11 is 0. The van der Waals surface area contributed by atoms with Gasteiger partial charge in [-0.1, -0.05) is 18.6 Å². The molecule has 1 aromatic carbocycles. The fourth-order valence-electron chi connectivity index (χ4n) is 4.05. The first-order chi connectivity index (χ1) is 14.3. The van der Waals surface area contributed by atoms with Crippen LogP contribution in [0.5, 0.6) is 0 Å². The van der Waals surface area contributed by atoms with Crippen molar-refractivity contribution in [1.82, 2.24) is 15.5 Å². The van der Waals surface area contributed by atoms with Gasteiger partial charge in [0.15, 0.2) is 5.96 Å². The van der Waals surface area contributed by atoms with Gasteiger partial charge in [0.25, 0.3) is 11.8 Å². The number of hydrogen-bond donors (Lipinski definition) is 2. The second kappa shape index (κ2) is 11.1. The molecule has 6 nitrogen and oxygen atoms in total. The number of benzene rings is 1. The van der Waals surface area contributed by atoms with Crippen LogP contribution in [-0.4, -0.2) is 55.0 Å². The summed E-state index contributed by atoms with van der Waals surface area (Å²) in [6, 6.07) is 6.52. The fourth-order valence-corrected chi connectivity index (χ4v) is 4.05. The summed E-state index contributed by atoms with van der Waals surface area (Å²) in [7, 11) is 1.58. The molecule has 0 spiro atoms. The van der Waals surface area contributed by atoms with E-state index < -0.39 is 12.1 Å². The molecule has 2 N–H and O–H groups in total. The number of unbranched alkanes of at least 4 members (excludes halogenated alkanes) is 1. The van der Waals surface area contributed by atoms with Gasteiger partial charge in [-0.25, -0.2) is 0 Å². The number of amides is 2. The van der Waals surface area contributed by atoms with Crippen LogP contribution in [0, 0.1) is 5.92 Å².